The minimum Gasteiger partial charge on any atom is -0.378 e. The first-order valence-electron chi connectivity index (χ1n) is 6.76. The van der Waals surface area contributed by atoms with E-state index in [0.29, 0.717) is 11.0 Å². The van der Waals surface area contributed by atoms with Crippen LogP contribution in [0, 0.1) is 11.6 Å². The van der Waals surface area contributed by atoms with Crippen LogP contribution in [0.4, 0.5) is 20.2 Å². The van der Waals surface area contributed by atoms with Crippen LogP contribution in [0.25, 0.3) is 0 Å². The lowest BCUT2D eigenvalue weighted by Crippen LogP contribution is -2.12. The molecule has 0 saturated heterocycles. The van der Waals surface area contributed by atoms with Crippen molar-refractivity contribution in [3.05, 3.63) is 57.6 Å². The summed E-state index contributed by atoms with van der Waals surface area (Å²) in [6.45, 7) is 1.53. The molecule has 0 atom stereocenters. The summed E-state index contributed by atoms with van der Waals surface area (Å²) in [4.78, 5) is 2.22. The third-order valence-electron chi connectivity index (χ3n) is 3.75. The molecule has 2 aromatic carbocycles. The Morgan fingerprint density at radius 3 is 2.81 bits per heavy atom. The second-order valence-electron chi connectivity index (χ2n) is 5.23. The predicted octanol–water partition coefficient (Wildman–Crippen LogP) is 4.33. The number of likely N-dealkylation sites (N-methyl/N-ethyl adjacent to an activating group) is 1. The molecule has 0 spiro atoms. The minimum absolute atomic E-state index is 0.286. The zero-order valence-electron chi connectivity index (χ0n) is 11.6. The predicted molar refractivity (Wildman–Crippen MR) is 84.8 cm³/mol. The van der Waals surface area contributed by atoms with E-state index in [4.69, 9.17) is 0 Å². The second-order valence-corrected chi connectivity index (χ2v) is 6.09. The van der Waals surface area contributed by atoms with E-state index in [2.05, 4.69) is 45.3 Å². The molecule has 0 amide bonds. The summed E-state index contributed by atoms with van der Waals surface area (Å²) < 4.78 is 27.2. The van der Waals surface area contributed by atoms with Gasteiger partial charge < -0.3 is 10.2 Å². The number of hydrogen-bond donors (Lipinski definition) is 1. The molecule has 1 aliphatic rings. The van der Waals surface area contributed by atoms with Crippen molar-refractivity contribution >= 4 is 27.3 Å². The van der Waals surface area contributed by atoms with Crippen molar-refractivity contribution in [2.24, 2.45) is 0 Å². The van der Waals surface area contributed by atoms with E-state index >= 15 is 0 Å². The number of nitrogens with one attached hydrogen (secondary N) is 1. The van der Waals surface area contributed by atoms with Crippen molar-refractivity contribution in [1.29, 1.82) is 0 Å². The molecule has 2 aromatic rings. The highest BCUT2D eigenvalue weighted by Crippen LogP contribution is 2.29. The molecule has 1 aliphatic heterocycles. The first kappa shape index (κ1) is 14.3. The molecule has 110 valence electrons. The van der Waals surface area contributed by atoms with Gasteiger partial charge in [-0.15, -0.1) is 0 Å². The van der Waals surface area contributed by atoms with Crippen molar-refractivity contribution in [2.45, 2.75) is 13.0 Å². The molecule has 0 radical (unpaired) electrons. The molecule has 1 N–H and O–H groups in total. The Kier molecular flexibility index (Phi) is 3.85. The van der Waals surface area contributed by atoms with Gasteiger partial charge in [0.05, 0.1) is 5.69 Å². The van der Waals surface area contributed by atoms with Gasteiger partial charge in [-0.2, -0.15) is 0 Å². The van der Waals surface area contributed by atoms with Crippen LogP contribution in [-0.2, 0) is 13.0 Å². The lowest BCUT2D eigenvalue weighted by molar-refractivity contribution is 0.583. The van der Waals surface area contributed by atoms with Gasteiger partial charge in [0, 0.05) is 36.4 Å². The van der Waals surface area contributed by atoms with Gasteiger partial charge >= 0.3 is 0 Å². The smallest absolute Gasteiger partial charge is 0.150 e. The zero-order valence-corrected chi connectivity index (χ0v) is 13.2. The van der Waals surface area contributed by atoms with Crippen LogP contribution < -0.4 is 10.2 Å². The number of rotatable bonds is 3. The van der Waals surface area contributed by atoms with Crippen LogP contribution in [0.5, 0.6) is 0 Å². The second kappa shape index (κ2) is 5.64. The summed E-state index contributed by atoms with van der Waals surface area (Å²) in [5.41, 5.74) is 3.94. The highest BCUT2D eigenvalue weighted by atomic mass is 79.9. The molecular weight excluding hydrogens is 338 g/mol. The normalized spacial score (nSPS) is 13.4. The van der Waals surface area contributed by atoms with Crippen molar-refractivity contribution in [1.82, 2.24) is 0 Å². The monoisotopic (exact) mass is 352 g/mol. The summed E-state index contributed by atoms with van der Waals surface area (Å²) >= 11 is 3.18. The number of fused-ring (bicyclic) bond motifs is 1. The fourth-order valence-electron chi connectivity index (χ4n) is 2.63. The highest BCUT2D eigenvalue weighted by molar-refractivity contribution is 9.10. The van der Waals surface area contributed by atoms with E-state index in [9.17, 15) is 8.78 Å². The number of benzene rings is 2. The lowest BCUT2D eigenvalue weighted by Gasteiger charge is -2.13. The molecule has 3 rings (SSSR count). The molecule has 0 saturated carbocycles. The maximum Gasteiger partial charge on any atom is 0.150 e. The fourth-order valence-corrected chi connectivity index (χ4v) is 3.18. The van der Waals surface area contributed by atoms with Gasteiger partial charge in [0.15, 0.2) is 0 Å². The van der Waals surface area contributed by atoms with Crippen LogP contribution in [0.15, 0.2) is 34.8 Å². The van der Waals surface area contributed by atoms with Gasteiger partial charge in [0.2, 0.25) is 0 Å². The van der Waals surface area contributed by atoms with E-state index in [1.54, 1.807) is 0 Å². The standard InChI is InChI=1S/C16H15BrF2N2/c1-21-5-4-11-6-10(2-3-15(11)21)9-20-16-13(17)7-12(18)8-14(16)19/h2-3,6-8,20H,4-5,9H2,1H3. The Balaban J connectivity index is 1.77. The van der Waals surface area contributed by atoms with E-state index < -0.39 is 11.6 Å². The molecule has 0 unspecified atom stereocenters. The topological polar surface area (TPSA) is 15.3 Å². The van der Waals surface area contributed by atoms with Gasteiger partial charge in [0.25, 0.3) is 0 Å². The van der Waals surface area contributed by atoms with Crippen LogP contribution in [0.1, 0.15) is 11.1 Å². The average molecular weight is 353 g/mol. The Bertz CT molecular complexity index is 665. The van der Waals surface area contributed by atoms with Gasteiger partial charge in [-0.3, -0.25) is 0 Å². The average Bonchev–Trinajstić information content (AvgIpc) is 2.79. The van der Waals surface area contributed by atoms with E-state index in [0.717, 1.165) is 24.6 Å². The van der Waals surface area contributed by atoms with Crippen LogP contribution >= 0.6 is 15.9 Å². The van der Waals surface area contributed by atoms with Crippen molar-refractivity contribution in [3.63, 3.8) is 0 Å². The Labute approximate surface area is 130 Å². The zero-order chi connectivity index (χ0) is 15.0. The lowest BCUT2D eigenvalue weighted by atomic mass is 10.1. The summed E-state index contributed by atoms with van der Waals surface area (Å²) in [5.74, 6) is -1.19. The summed E-state index contributed by atoms with van der Waals surface area (Å²) in [7, 11) is 2.08. The van der Waals surface area contributed by atoms with Gasteiger partial charge in [-0.25, -0.2) is 8.78 Å². The molecule has 0 aliphatic carbocycles. The largest absolute Gasteiger partial charge is 0.378 e. The third-order valence-corrected chi connectivity index (χ3v) is 4.37. The molecule has 1 heterocycles. The first-order valence-corrected chi connectivity index (χ1v) is 7.55. The molecule has 21 heavy (non-hydrogen) atoms. The Morgan fingerprint density at radius 1 is 1.24 bits per heavy atom. The van der Waals surface area contributed by atoms with E-state index in [1.165, 1.54) is 17.3 Å². The van der Waals surface area contributed by atoms with Gasteiger partial charge in [-0.05, 0) is 45.6 Å². The third kappa shape index (κ3) is 2.88. The fraction of sp³-hybridized carbons (Fsp3) is 0.250. The van der Waals surface area contributed by atoms with Crippen molar-refractivity contribution in [3.8, 4) is 0 Å². The number of anilines is 2. The highest BCUT2D eigenvalue weighted by Gasteiger charge is 2.16. The quantitative estimate of drug-likeness (QED) is 0.884. The maximum atomic E-state index is 13.7. The molecule has 5 heteroatoms. The first-order chi connectivity index (χ1) is 10.0. The van der Waals surface area contributed by atoms with E-state index in [-0.39, 0.29) is 5.69 Å². The summed E-state index contributed by atoms with van der Waals surface area (Å²) in [6.07, 6.45) is 1.04. The molecular formula is C16H15BrF2N2. The van der Waals surface area contributed by atoms with Gasteiger partial charge in [0.1, 0.15) is 11.6 Å². The molecule has 0 fully saturated rings. The summed E-state index contributed by atoms with van der Waals surface area (Å²) in [6, 6.07) is 8.40. The molecule has 0 bridgehead atoms. The summed E-state index contributed by atoms with van der Waals surface area (Å²) in [5, 5.41) is 3.02. The van der Waals surface area contributed by atoms with Crippen molar-refractivity contribution in [2.75, 3.05) is 23.8 Å². The van der Waals surface area contributed by atoms with Crippen LogP contribution in [0.3, 0.4) is 0 Å². The van der Waals surface area contributed by atoms with Crippen LogP contribution in [0.2, 0.25) is 0 Å². The molecule has 0 aromatic heterocycles. The Hall–Kier alpha value is -1.62. The SMILES string of the molecule is CN1CCc2cc(CNc3c(F)cc(F)cc3Br)ccc21. The van der Waals surface area contributed by atoms with Crippen molar-refractivity contribution < 1.29 is 8.78 Å². The van der Waals surface area contributed by atoms with Crippen LogP contribution in [-0.4, -0.2) is 13.6 Å². The number of nitrogens with zero attached hydrogens (tertiary/aromatic N) is 1. The number of halogens is 3. The van der Waals surface area contributed by atoms with Gasteiger partial charge in [-0.1, -0.05) is 12.1 Å². The molecule has 2 nitrogen and oxygen atoms in total. The maximum absolute atomic E-state index is 13.7. The minimum atomic E-state index is -0.595. The number of hydrogen-bond acceptors (Lipinski definition) is 2. The van der Waals surface area contributed by atoms with E-state index in [1.807, 2.05) is 6.07 Å². The Morgan fingerprint density at radius 2 is 2.05 bits per heavy atom.